The number of anilines is 2. The SMILES string of the molecule is COCC(CNc1cc2nc(C)sc2cc1N)OC. The van der Waals surface area contributed by atoms with Gasteiger partial charge in [0.2, 0.25) is 0 Å². The van der Waals surface area contributed by atoms with Crippen molar-refractivity contribution >= 4 is 32.9 Å². The van der Waals surface area contributed by atoms with Crippen LogP contribution in [0.4, 0.5) is 11.4 Å². The standard InChI is InChI=1S/C13H19N3O2S/c1-8-16-12-5-11(10(14)4-13(12)19-8)15-6-9(18-3)7-17-2/h4-5,9,15H,6-7,14H2,1-3H3. The smallest absolute Gasteiger partial charge is 0.0976 e. The molecule has 0 spiro atoms. The van der Waals surface area contributed by atoms with Gasteiger partial charge in [0.15, 0.2) is 0 Å². The van der Waals surface area contributed by atoms with Crippen molar-refractivity contribution in [1.82, 2.24) is 4.98 Å². The number of methoxy groups -OCH3 is 2. The third kappa shape index (κ3) is 3.34. The maximum atomic E-state index is 6.04. The van der Waals surface area contributed by atoms with Gasteiger partial charge in [0.25, 0.3) is 0 Å². The molecular weight excluding hydrogens is 262 g/mol. The molecule has 0 aliphatic rings. The maximum absolute atomic E-state index is 6.04. The molecule has 1 atom stereocenters. The Morgan fingerprint density at radius 1 is 1.42 bits per heavy atom. The van der Waals surface area contributed by atoms with Gasteiger partial charge in [-0.05, 0) is 19.1 Å². The van der Waals surface area contributed by atoms with Crippen LogP contribution in [0.3, 0.4) is 0 Å². The van der Waals surface area contributed by atoms with Gasteiger partial charge in [-0.3, -0.25) is 0 Å². The summed E-state index contributed by atoms with van der Waals surface area (Å²) in [5.41, 5.74) is 8.62. The number of nitrogens with one attached hydrogen (secondary N) is 1. The van der Waals surface area contributed by atoms with E-state index in [4.69, 9.17) is 15.2 Å². The molecule has 5 nitrogen and oxygen atoms in total. The number of hydrogen-bond donors (Lipinski definition) is 2. The van der Waals surface area contributed by atoms with Crippen LogP contribution in [0, 0.1) is 6.92 Å². The summed E-state index contributed by atoms with van der Waals surface area (Å²) in [6.07, 6.45) is -0.00253. The molecule has 0 amide bonds. The second kappa shape index (κ2) is 6.18. The van der Waals surface area contributed by atoms with E-state index >= 15 is 0 Å². The monoisotopic (exact) mass is 281 g/mol. The quantitative estimate of drug-likeness (QED) is 0.795. The van der Waals surface area contributed by atoms with Crippen molar-refractivity contribution in [2.24, 2.45) is 0 Å². The van der Waals surface area contributed by atoms with Gasteiger partial charge in [-0.2, -0.15) is 0 Å². The number of fused-ring (bicyclic) bond motifs is 1. The number of ether oxygens (including phenoxy) is 2. The second-order valence-electron chi connectivity index (χ2n) is 4.33. The molecule has 104 valence electrons. The molecule has 2 rings (SSSR count). The Labute approximate surface area is 116 Å². The van der Waals surface area contributed by atoms with Gasteiger partial charge in [-0.1, -0.05) is 0 Å². The van der Waals surface area contributed by atoms with Gasteiger partial charge in [0.05, 0.1) is 39.3 Å². The fourth-order valence-corrected chi connectivity index (χ4v) is 2.74. The molecule has 6 heteroatoms. The molecule has 1 aromatic heterocycles. The average molecular weight is 281 g/mol. The molecule has 0 bridgehead atoms. The van der Waals surface area contributed by atoms with Gasteiger partial charge in [0, 0.05) is 20.8 Å². The molecule has 19 heavy (non-hydrogen) atoms. The minimum Gasteiger partial charge on any atom is -0.397 e. The molecule has 3 N–H and O–H groups in total. The van der Waals surface area contributed by atoms with Gasteiger partial charge < -0.3 is 20.5 Å². The van der Waals surface area contributed by atoms with E-state index in [-0.39, 0.29) is 6.10 Å². The predicted molar refractivity (Wildman–Crippen MR) is 79.9 cm³/mol. The van der Waals surface area contributed by atoms with Gasteiger partial charge >= 0.3 is 0 Å². The van der Waals surface area contributed by atoms with Gasteiger partial charge in [0.1, 0.15) is 0 Å². The summed E-state index contributed by atoms with van der Waals surface area (Å²) in [6.45, 7) is 3.18. The minimum absolute atomic E-state index is 0.00253. The lowest BCUT2D eigenvalue weighted by Crippen LogP contribution is -2.26. The van der Waals surface area contributed by atoms with Crippen LogP contribution in [0.1, 0.15) is 5.01 Å². The zero-order valence-electron chi connectivity index (χ0n) is 11.4. The summed E-state index contributed by atoms with van der Waals surface area (Å²) in [5.74, 6) is 0. The Kier molecular flexibility index (Phi) is 4.57. The first-order valence-electron chi connectivity index (χ1n) is 6.06. The van der Waals surface area contributed by atoms with E-state index in [0.29, 0.717) is 13.2 Å². The Hall–Kier alpha value is -1.37. The van der Waals surface area contributed by atoms with E-state index < -0.39 is 0 Å². The van der Waals surface area contributed by atoms with Crippen molar-refractivity contribution < 1.29 is 9.47 Å². The van der Waals surface area contributed by atoms with Crippen LogP contribution in [0.5, 0.6) is 0 Å². The van der Waals surface area contributed by atoms with Crippen LogP contribution in [0.2, 0.25) is 0 Å². The molecule has 0 saturated heterocycles. The van der Waals surface area contributed by atoms with Gasteiger partial charge in [-0.25, -0.2) is 4.98 Å². The number of nitrogens with two attached hydrogens (primary N) is 1. The van der Waals surface area contributed by atoms with E-state index in [0.717, 1.165) is 26.6 Å². The lowest BCUT2D eigenvalue weighted by atomic mass is 10.2. The lowest BCUT2D eigenvalue weighted by Gasteiger charge is -2.16. The van der Waals surface area contributed by atoms with Crippen molar-refractivity contribution in [2.75, 3.05) is 38.4 Å². The number of aromatic nitrogens is 1. The number of benzene rings is 1. The van der Waals surface area contributed by atoms with Crippen molar-refractivity contribution in [3.8, 4) is 0 Å². The van der Waals surface area contributed by atoms with Crippen LogP contribution in [-0.2, 0) is 9.47 Å². The van der Waals surface area contributed by atoms with Crippen LogP contribution >= 0.6 is 11.3 Å². The molecular formula is C13H19N3O2S. The predicted octanol–water partition coefficient (Wildman–Crippen LogP) is 2.26. The van der Waals surface area contributed by atoms with Crippen LogP contribution in [0.15, 0.2) is 12.1 Å². The van der Waals surface area contributed by atoms with Crippen LogP contribution in [0.25, 0.3) is 10.2 Å². The molecule has 0 aliphatic carbocycles. The average Bonchev–Trinajstić information content (AvgIpc) is 2.73. The molecule has 1 heterocycles. The molecule has 2 aromatic rings. The van der Waals surface area contributed by atoms with Crippen LogP contribution < -0.4 is 11.1 Å². The van der Waals surface area contributed by atoms with Crippen LogP contribution in [-0.4, -0.2) is 38.5 Å². The zero-order valence-corrected chi connectivity index (χ0v) is 12.2. The number of nitrogens with zero attached hydrogens (tertiary/aromatic N) is 1. The van der Waals surface area contributed by atoms with Crippen molar-refractivity contribution in [2.45, 2.75) is 13.0 Å². The van der Waals surface area contributed by atoms with E-state index in [1.165, 1.54) is 0 Å². The third-order valence-electron chi connectivity index (χ3n) is 2.87. The number of aryl methyl sites for hydroxylation is 1. The number of thiazole rings is 1. The third-order valence-corrected chi connectivity index (χ3v) is 3.81. The summed E-state index contributed by atoms with van der Waals surface area (Å²) in [5, 5.41) is 4.33. The fraction of sp³-hybridized carbons (Fsp3) is 0.462. The Morgan fingerprint density at radius 2 is 2.21 bits per heavy atom. The molecule has 0 aliphatic heterocycles. The molecule has 0 fully saturated rings. The summed E-state index contributed by atoms with van der Waals surface area (Å²) in [7, 11) is 3.33. The molecule has 0 radical (unpaired) electrons. The molecule has 1 unspecified atom stereocenters. The Bertz CT molecular complexity index is 556. The largest absolute Gasteiger partial charge is 0.397 e. The fourth-order valence-electron chi connectivity index (χ4n) is 1.88. The Balaban J connectivity index is 2.13. The first-order valence-corrected chi connectivity index (χ1v) is 6.88. The maximum Gasteiger partial charge on any atom is 0.0976 e. The van der Waals surface area contributed by atoms with Crippen molar-refractivity contribution in [3.63, 3.8) is 0 Å². The topological polar surface area (TPSA) is 69.4 Å². The first-order chi connectivity index (χ1) is 9.13. The number of hydrogen-bond acceptors (Lipinski definition) is 6. The van der Waals surface area contributed by atoms with E-state index in [2.05, 4.69) is 10.3 Å². The van der Waals surface area contributed by atoms with Gasteiger partial charge in [-0.15, -0.1) is 11.3 Å². The zero-order chi connectivity index (χ0) is 13.8. The van der Waals surface area contributed by atoms with E-state index in [1.807, 2.05) is 19.1 Å². The highest BCUT2D eigenvalue weighted by molar-refractivity contribution is 7.18. The summed E-state index contributed by atoms with van der Waals surface area (Å²) < 4.78 is 11.5. The lowest BCUT2D eigenvalue weighted by molar-refractivity contribution is 0.0366. The molecule has 1 aromatic carbocycles. The molecule has 0 saturated carbocycles. The highest BCUT2D eigenvalue weighted by Crippen LogP contribution is 2.29. The van der Waals surface area contributed by atoms with E-state index in [9.17, 15) is 0 Å². The normalized spacial score (nSPS) is 12.8. The van der Waals surface area contributed by atoms with E-state index in [1.54, 1.807) is 25.6 Å². The first kappa shape index (κ1) is 14.0. The highest BCUT2D eigenvalue weighted by Gasteiger charge is 2.10. The van der Waals surface area contributed by atoms with Crippen molar-refractivity contribution in [1.29, 1.82) is 0 Å². The highest BCUT2D eigenvalue weighted by atomic mass is 32.1. The number of rotatable bonds is 6. The van der Waals surface area contributed by atoms with Crippen molar-refractivity contribution in [3.05, 3.63) is 17.1 Å². The second-order valence-corrected chi connectivity index (χ2v) is 5.57. The summed E-state index contributed by atoms with van der Waals surface area (Å²) >= 11 is 1.65. The summed E-state index contributed by atoms with van der Waals surface area (Å²) in [6, 6.07) is 3.94. The number of nitrogen functional groups attached to an aromatic ring is 1. The Morgan fingerprint density at radius 3 is 2.89 bits per heavy atom. The minimum atomic E-state index is -0.00253. The summed E-state index contributed by atoms with van der Waals surface area (Å²) in [4.78, 5) is 4.47.